The van der Waals surface area contributed by atoms with Gasteiger partial charge in [-0.05, 0) is 56.3 Å². The zero-order valence-electron chi connectivity index (χ0n) is 22.8. The predicted molar refractivity (Wildman–Crippen MR) is 145 cm³/mol. The Kier molecular flexibility index (Phi) is 7.47. The monoisotopic (exact) mass is 552 g/mol. The number of nitrogens with one attached hydrogen (secondary N) is 1. The van der Waals surface area contributed by atoms with Gasteiger partial charge in [-0.25, -0.2) is 4.68 Å². The maximum atomic E-state index is 14.0. The van der Waals surface area contributed by atoms with Gasteiger partial charge in [-0.1, -0.05) is 17.3 Å². The average molecular weight is 553 g/mol. The number of rotatable bonds is 6. The first-order valence-electron chi connectivity index (χ1n) is 12.9. The highest BCUT2D eigenvalue weighted by atomic mass is 19.4. The second kappa shape index (κ2) is 10.9. The number of carbonyl (C=O) groups excluding carboxylic acids is 1. The van der Waals surface area contributed by atoms with Gasteiger partial charge in [-0.3, -0.25) is 14.4 Å². The highest BCUT2D eigenvalue weighted by Crippen LogP contribution is 2.35. The summed E-state index contributed by atoms with van der Waals surface area (Å²) < 4.78 is 45.3. The second-order valence-corrected chi connectivity index (χ2v) is 10.2. The SMILES string of the molecule is Cc1ccc(C(=O)Nc2ccc(CN3CCN(C)CC3)c(C(F)(F)F)c2)cc1-n1cc(-c2cnn(C)c2C)nn1. The molecule has 1 N–H and O–H groups in total. The van der Waals surface area contributed by atoms with Crippen molar-refractivity contribution in [3.8, 4) is 16.9 Å². The molecule has 4 aromatic rings. The van der Waals surface area contributed by atoms with Crippen molar-refractivity contribution in [2.45, 2.75) is 26.6 Å². The molecule has 2 aromatic heterocycles. The summed E-state index contributed by atoms with van der Waals surface area (Å²) >= 11 is 0. The lowest BCUT2D eigenvalue weighted by atomic mass is 10.0. The number of hydrogen-bond donors (Lipinski definition) is 1. The number of nitrogens with zero attached hydrogens (tertiary/aromatic N) is 7. The molecule has 2 aromatic carbocycles. The fourth-order valence-electron chi connectivity index (χ4n) is 4.76. The van der Waals surface area contributed by atoms with Crippen LogP contribution in [0.5, 0.6) is 0 Å². The van der Waals surface area contributed by atoms with Crippen LogP contribution in [0.25, 0.3) is 16.9 Å². The molecule has 1 aliphatic heterocycles. The molecule has 9 nitrogen and oxygen atoms in total. The molecule has 0 saturated carbocycles. The standard InChI is InChI=1S/C28H31F3N8O/c1-18-5-6-20(13-26(18)39-17-25(34-35-39)23-15-32-37(4)19(23)2)27(40)33-22-8-7-21(24(14-22)28(29,30)31)16-38-11-9-36(3)10-12-38/h5-8,13-15,17H,9-12,16H2,1-4H3,(H,33,40). The van der Waals surface area contributed by atoms with E-state index in [2.05, 4.69) is 25.6 Å². The van der Waals surface area contributed by atoms with E-state index in [1.165, 1.54) is 12.1 Å². The predicted octanol–water partition coefficient (Wildman–Crippen LogP) is 4.30. The van der Waals surface area contributed by atoms with Gasteiger partial charge in [0, 0.05) is 62.3 Å². The van der Waals surface area contributed by atoms with E-state index in [4.69, 9.17) is 0 Å². The quantitative estimate of drug-likeness (QED) is 0.384. The number of alkyl halides is 3. The Hall–Kier alpha value is -4.03. The van der Waals surface area contributed by atoms with E-state index in [0.29, 0.717) is 24.5 Å². The normalized spacial score (nSPS) is 15.0. The summed E-state index contributed by atoms with van der Waals surface area (Å²) in [4.78, 5) is 17.3. The number of aryl methyl sites for hydroxylation is 2. The molecule has 0 spiro atoms. The lowest BCUT2D eigenvalue weighted by Gasteiger charge is -2.33. The van der Waals surface area contributed by atoms with E-state index in [1.54, 1.807) is 40.0 Å². The van der Waals surface area contributed by atoms with Crippen molar-refractivity contribution >= 4 is 11.6 Å². The smallest absolute Gasteiger partial charge is 0.322 e. The number of amides is 1. The van der Waals surface area contributed by atoms with Gasteiger partial charge >= 0.3 is 6.18 Å². The van der Waals surface area contributed by atoms with E-state index < -0.39 is 17.6 Å². The first-order chi connectivity index (χ1) is 19.0. The molecule has 40 heavy (non-hydrogen) atoms. The minimum Gasteiger partial charge on any atom is -0.322 e. The van der Waals surface area contributed by atoms with Gasteiger partial charge in [0.15, 0.2) is 0 Å². The van der Waals surface area contributed by atoms with Crippen LogP contribution in [0.1, 0.15) is 32.7 Å². The Morgan fingerprint density at radius 2 is 1.77 bits per heavy atom. The van der Waals surface area contributed by atoms with Crippen molar-refractivity contribution in [3.63, 3.8) is 0 Å². The number of carbonyl (C=O) groups is 1. The van der Waals surface area contributed by atoms with E-state index in [0.717, 1.165) is 36.0 Å². The molecule has 3 heterocycles. The molecular weight excluding hydrogens is 521 g/mol. The van der Waals surface area contributed by atoms with Crippen LogP contribution in [-0.4, -0.2) is 73.7 Å². The van der Waals surface area contributed by atoms with Gasteiger partial charge in [0.25, 0.3) is 5.91 Å². The Balaban J connectivity index is 1.36. The third-order valence-corrected chi connectivity index (χ3v) is 7.39. The van der Waals surface area contributed by atoms with E-state index in [1.807, 2.05) is 32.8 Å². The Labute approximate surface area is 230 Å². The van der Waals surface area contributed by atoms with Crippen molar-refractivity contribution in [2.75, 3.05) is 38.5 Å². The van der Waals surface area contributed by atoms with Crippen LogP contribution in [0, 0.1) is 13.8 Å². The number of benzene rings is 2. The molecule has 0 radical (unpaired) electrons. The summed E-state index contributed by atoms with van der Waals surface area (Å²) in [7, 11) is 3.84. The van der Waals surface area contributed by atoms with Crippen molar-refractivity contribution in [3.05, 3.63) is 76.7 Å². The summed E-state index contributed by atoms with van der Waals surface area (Å²) in [6, 6.07) is 9.02. The van der Waals surface area contributed by atoms with Crippen molar-refractivity contribution in [1.82, 2.24) is 34.6 Å². The molecule has 1 fully saturated rings. The van der Waals surface area contributed by atoms with E-state index in [-0.39, 0.29) is 23.4 Å². The molecule has 0 aliphatic carbocycles. The van der Waals surface area contributed by atoms with Crippen LogP contribution in [0.3, 0.4) is 0 Å². The summed E-state index contributed by atoms with van der Waals surface area (Å²) in [6.07, 6.45) is -1.08. The summed E-state index contributed by atoms with van der Waals surface area (Å²) in [5.41, 5.74) is 3.71. The molecule has 1 amide bonds. The molecule has 5 rings (SSSR count). The minimum atomic E-state index is -4.54. The fraction of sp³-hybridized carbons (Fsp3) is 0.357. The number of halogens is 3. The maximum Gasteiger partial charge on any atom is 0.416 e. The molecule has 1 saturated heterocycles. The van der Waals surface area contributed by atoms with Gasteiger partial charge in [0.05, 0.1) is 23.6 Å². The lowest BCUT2D eigenvalue weighted by molar-refractivity contribution is -0.138. The molecule has 12 heteroatoms. The minimum absolute atomic E-state index is 0.0803. The molecule has 0 atom stereocenters. The number of aromatic nitrogens is 5. The van der Waals surface area contributed by atoms with Crippen LogP contribution < -0.4 is 5.32 Å². The highest BCUT2D eigenvalue weighted by molar-refractivity contribution is 6.04. The molecule has 1 aliphatic rings. The third-order valence-electron chi connectivity index (χ3n) is 7.39. The largest absolute Gasteiger partial charge is 0.416 e. The van der Waals surface area contributed by atoms with Gasteiger partial charge in [0.1, 0.15) is 5.69 Å². The number of likely N-dealkylation sites (N-methyl/N-ethyl adjacent to an activating group) is 1. The van der Waals surface area contributed by atoms with Crippen molar-refractivity contribution in [2.24, 2.45) is 7.05 Å². The fourth-order valence-corrected chi connectivity index (χ4v) is 4.76. The molecular formula is C28H31F3N8O. The molecule has 0 unspecified atom stereocenters. The van der Waals surface area contributed by atoms with Crippen LogP contribution in [0.4, 0.5) is 18.9 Å². The Bertz CT molecular complexity index is 1530. The van der Waals surface area contributed by atoms with Gasteiger partial charge in [-0.15, -0.1) is 5.10 Å². The van der Waals surface area contributed by atoms with Gasteiger partial charge < -0.3 is 10.2 Å². The van der Waals surface area contributed by atoms with Crippen LogP contribution in [-0.2, 0) is 19.8 Å². The topological polar surface area (TPSA) is 84.1 Å². The zero-order chi connectivity index (χ0) is 28.6. The van der Waals surface area contributed by atoms with Gasteiger partial charge in [-0.2, -0.15) is 18.3 Å². The van der Waals surface area contributed by atoms with Crippen LogP contribution >= 0.6 is 0 Å². The summed E-state index contributed by atoms with van der Waals surface area (Å²) in [5.74, 6) is -0.523. The summed E-state index contributed by atoms with van der Waals surface area (Å²) in [5, 5.41) is 15.3. The summed E-state index contributed by atoms with van der Waals surface area (Å²) in [6.45, 7) is 7.05. The van der Waals surface area contributed by atoms with Crippen LogP contribution in [0.15, 0.2) is 48.8 Å². The first-order valence-corrected chi connectivity index (χ1v) is 12.9. The number of hydrogen-bond acceptors (Lipinski definition) is 6. The second-order valence-electron chi connectivity index (χ2n) is 10.2. The van der Waals surface area contributed by atoms with Crippen LogP contribution in [0.2, 0.25) is 0 Å². The highest BCUT2D eigenvalue weighted by Gasteiger charge is 2.34. The first kappa shape index (κ1) is 27.5. The van der Waals surface area contributed by atoms with E-state index in [9.17, 15) is 18.0 Å². The molecule has 0 bridgehead atoms. The number of anilines is 1. The lowest BCUT2D eigenvalue weighted by Crippen LogP contribution is -2.44. The third kappa shape index (κ3) is 5.77. The van der Waals surface area contributed by atoms with Gasteiger partial charge in [0.2, 0.25) is 0 Å². The average Bonchev–Trinajstić information content (AvgIpc) is 3.52. The Morgan fingerprint density at radius 1 is 1.02 bits per heavy atom. The van der Waals surface area contributed by atoms with Crippen molar-refractivity contribution in [1.29, 1.82) is 0 Å². The van der Waals surface area contributed by atoms with E-state index >= 15 is 0 Å². The zero-order valence-corrected chi connectivity index (χ0v) is 22.8. The Morgan fingerprint density at radius 3 is 2.45 bits per heavy atom. The number of piperazine rings is 1. The molecule has 210 valence electrons. The maximum absolute atomic E-state index is 14.0. The van der Waals surface area contributed by atoms with Crippen molar-refractivity contribution < 1.29 is 18.0 Å².